The van der Waals surface area contributed by atoms with Crippen molar-refractivity contribution < 1.29 is 63.3 Å². The average Bonchev–Trinajstić information content (AvgIpc) is 1.85. The van der Waals surface area contributed by atoms with E-state index in [-0.39, 0.29) is 59.8 Å². The van der Waals surface area contributed by atoms with Gasteiger partial charge in [-0.05, 0) is 0 Å². The Morgan fingerprint density at radius 1 is 1.58 bits per heavy atom. The van der Waals surface area contributed by atoms with Crippen molar-refractivity contribution in [3.8, 4) is 0 Å². The van der Waals surface area contributed by atoms with Crippen LogP contribution in [0.25, 0.3) is 0 Å². The molecule has 1 radical (unpaired) electrons. The second kappa shape index (κ2) is 17.9. The van der Waals surface area contributed by atoms with Gasteiger partial charge in [-0.2, -0.15) is 0 Å². The predicted octanol–water partition coefficient (Wildman–Crippen LogP) is 0.111. The zero-order valence-electron chi connectivity index (χ0n) is 7.08. The zero-order valence-corrected chi connectivity index (χ0v) is 12.8. The van der Waals surface area contributed by atoms with Gasteiger partial charge in [0.2, 0.25) is 0 Å². The second-order valence-corrected chi connectivity index (χ2v) is 1.43. The summed E-state index contributed by atoms with van der Waals surface area (Å²) in [5, 5.41) is 2.00. The first-order valence-electron chi connectivity index (χ1n) is 2.57. The SMILES string of the molecule is [CH2-]C([CH2-])N.[CH2-]NC(=O)OC.[W].[Y]. The number of methoxy groups -OCH3 is 1. The van der Waals surface area contributed by atoms with E-state index in [2.05, 4.69) is 25.6 Å². The van der Waals surface area contributed by atoms with E-state index in [0.717, 1.165) is 0 Å². The number of ether oxygens (including phenoxy) is 1. The standard InChI is InChI=1S/C3H6NO2.C3H7N.W.Y/c1-4-3(5)6-2;1-3(2)4;;/h1H2,2H3,(H,4,5);3H,1-2,4H2;;/q-1;-2;;. The van der Waals surface area contributed by atoms with E-state index < -0.39 is 6.09 Å². The summed E-state index contributed by atoms with van der Waals surface area (Å²) in [5.74, 6) is 0. The Hall–Kier alpha value is 1.02. The number of carbonyl (C=O) groups excluding carboxylic acids is 1. The molecule has 0 aromatic heterocycles. The Morgan fingerprint density at radius 2 is 1.83 bits per heavy atom. The van der Waals surface area contributed by atoms with Crippen LogP contribution in [0.5, 0.6) is 0 Å². The minimum Gasteiger partial charge on any atom is -0.473 e. The van der Waals surface area contributed by atoms with Gasteiger partial charge in [-0.25, -0.2) is 4.79 Å². The topological polar surface area (TPSA) is 64.3 Å². The molecule has 12 heavy (non-hydrogen) atoms. The molecule has 0 heterocycles. The summed E-state index contributed by atoms with van der Waals surface area (Å²) >= 11 is 0. The summed E-state index contributed by atoms with van der Waals surface area (Å²) < 4.78 is 4.09. The molecule has 0 aromatic carbocycles. The second-order valence-electron chi connectivity index (χ2n) is 1.43. The van der Waals surface area contributed by atoms with Gasteiger partial charge in [0.15, 0.2) is 0 Å². The molecule has 1 amide bonds. The van der Waals surface area contributed by atoms with E-state index in [4.69, 9.17) is 5.73 Å². The van der Waals surface area contributed by atoms with Crippen LogP contribution in [0, 0.1) is 20.9 Å². The molecule has 0 rings (SSSR count). The fourth-order valence-electron chi connectivity index (χ4n) is 0.0722. The molecule has 0 atom stereocenters. The van der Waals surface area contributed by atoms with Crippen molar-refractivity contribution in [1.82, 2.24) is 5.32 Å². The van der Waals surface area contributed by atoms with E-state index in [1.165, 1.54) is 7.11 Å². The number of rotatable bonds is 0. The fraction of sp³-hybridized carbons (Fsp3) is 0.333. The summed E-state index contributed by atoms with van der Waals surface area (Å²) in [6, 6.07) is -0.167. The van der Waals surface area contributed by atoms with E-state index in [9.17, 15) is 4.79 Å². The fourth-order valence-corrected chi connectivity index (χ4v) is 0.0722. The number of nitrogens with one attached hydrogen (secondary N) is 1. The van der Waals surface area contributed by atoms with Gasteiger partial charge in [0.1, 0.15) is 0 Å². The molecule has 6 heteroatoms. The molecule has 0 unspecified atom stereocenters. The quantitative estimate of drug-likeness (QED) is 0.550. The summed E-state index contributed by atoms with van der Waals surface area (Å²) in [6.45, 7) is 6.61. The summed E-state index contributed by atoms with van der Waals surface area (Å²) in [7, 11) is 4.31. The van der Waals surface area contributed by atoms with Crippen molar-refractivity contribution in [2.45, 2.75) is 6.04 Å². The van der Waals surface area contributed by atoms with E-state index in [0.29, 0.717) is 0 Å². The summed E-state index contributed by atoms with van der Waals surface area (Å²) in [6.07, 6.45) is -0.519. The Bertz CT molecular complexity index is 84.9. The molecule has 71 valence electrons. The van der Waals surface area contributed by atoms with E-state index in [1.807, 2.05) is 5.32 Å². The van der Waals surface area contributed by atoms with Gasteiger partial charge in [-0.15, -0.1) is 0 Å². The first-order valence-corrected chi connectivity index (χ1v) is 2.57. The molecule has 0 bridgehead atoms. The molecule has 0 saturated heterocycles. The Balaban J connectivity index is -0.0000000483. The third-order valence-corrected chi connectivity index (χ3v) is 0.330. The maximum Gasteiger partial charge on any atom is 0.376 e. The molecule has 0 spiro atoms. The molecular formula is C6H13N2O2WY-3. The monoisotopic (exact) mass is 418 g/mol. The average molecular weight is 418 g/mol. The number of carbonyl (C=O) groups is 1. The zero-order chi connectivity index (χ0) is 8.57. The third-order valence-electron chi connectivity index (χ3n) is 0.330. The van der Waals surface area contributed by atoms with Gasteiger partial charge >= 0.3 is 6.09 Å². The van der Waals surface area contributed by atoms with E-state index >= 15 is 0 Å². The first kappa shape index (κ1) is 23.1. The Labute approximate surface area is 114 Å². The van der Waals surface area contributed by atoms with Crippen LogP contribution < -0.4 is 11.1 Å². The van der Waals surface area contributed by atoms with Crippen molar-refractivity contribution in [2.24, 2.45) is 5.73 Å². The molecule has 0 aliphatic carbocycles. The smallest absolute Gasteiger partial charge is 0.376 e. The number of amides is 1. The minimum absolute atomic E-state index is 0. The van der Waals surface area contributed by atoms with Crippen molar-refractivity contribution in [1.29, 1.82) is 0 Å². The van der Waals surface area contributed by atoms with Crippen LogP contribution >= 0.6 is 0 Å². The molecule has 0 aliphatic rings. The Kier molecular flexibility index (Phi) is 34.6. The number of nitrogens with two attached hydrogens (primary N) is 1. The molecule has 0 aliphatic heterocycles. The van der Waals surface area contributed by atoms with Gasteiger partial charge in [0.05, 0.1) is 7.11 Å². The van der Waals surface area contributed by atoms with Crippen molar-refractivity contribution in [2.75, 3.05) is 7.11 Å². The first-order chi connectivity index (χ1) is 4.54. The van der Waals surface area contributed by atoms with Crippen LogP contribution in [0.4, 0.5) is 4.79 Å². The maximum atomic E-state index is 9.78. The third kappa shape index (κ3) is 43.9. The van der Waals surface area contributed by atoms with Crippen LogP contribution in [0.2, 0.25) is 0 Å². The van der Waals surface area contributed by atoms with Crippen LogP contribution in [-0.2, 0) is 58.5 Å². The van der Waals surface area contributed by atoms with Crippen LogP contribution in [0.15, 0.2) is 0 Å². The van der Waals surface area contributed by atoms with Gasteiger partial charge in [0.25, 0.3) is 0 Å². The molecule has 0 fully saturated rings. The van der Waals surface area contributed by atoms with Gasteiger partial charge in [-0.1, -0.05) is 0 Å². The predicted molar refractivity (Wildman–Crippen MR) is 39.6 cm³/mol. The number of alkyl carbamates (subject to hydrolysis) is 1. The Morgan fingerprint density at radius 3 is 1.83 bits per heavy atom. The van der Waals surface area contributed by atoms with Crippen LogP contribution in [0.1, 0.15) is 0 Å². The van der Waals surface area contributed by atoms with E-state index in [1.54, 1.807) is 0 Å². The number of hydrogen-bond acceptors (Lipinski definition) is 3. The largest absolute Gasteiger partial charge is 0.473 e. The normalized spacial score (nSPS) is 6.50. The van der Waals surface area contributed by atoms with Gasteiger partial charge in [0, 0.05) is 53.8 Å². The summed E-state index contributed by atoms with van der Waals surface area (Å²) in [5.41, 5.74) is 4.89. The molecule has 0 aromatic rings. The van der Waals surface area contributed by atoms with Gasteiger partial charge in [-0.3, -0.25) is 13.1 Å². The molecule has 0 saturated carbocycles. The van der Waals surface area contributed by atoms with Crippen LogP contribution in [-0.4, -0.2) is 19.2 Å². The van der Waals surface area contributed by atoms with Crippen molar-refractivity contribution in [3.05, 3.63) is 20.9 Å². The number of hydrogen-bond donors (Lipinski definition) is 2. The molecular weight excluding hydrogens is 405 g/mol. The van der Waals surface area contributed by atoms with Crippen LogP contribution in [0.3, 0.4) is 0 Å². The summed E-state index contributed by atoms with van der Waals surface area (Å²) in [4.78, 5) is 9.78. The minimum atomic E-state index is -0.519. The molecule has 4 nitrogen and oxygen atoms in total. The molecule has 3 N–H and O–H groups in total. The van der Waals surface area contributed by atoms with Crippen molar-refractivity contribution >= 4 is 6.09 Å². The van der Waals surface area contributed by atoms with Crippen molar-refractivity contribution in [3.63, 3.8) is 0 Å². The maximum absolute atomic E-state index is 9.78. The van der Waals surface area contributed by atoms with Gasteiger partial charge < -0.3 is 29.6 Å².